The van der Waals surface area contributed by atoms with Gasteiger partial charge in [0.1, 0.15) is 5.82 Å². The number of nitrogens with two attached hydrogens (primary N) is 1. The summed E-state index contributed by atoms with van der Waals surface area (Å²) in [7, 11) is 1.97. The number of anilines is 1. The summed E-state index contributed by atoms with van der Waals surface area (Å²) in [6, 6.07) is 7.14. The Morgan fingerprint density at radius 3 is 2.86 bits per heavy atom. The quantitative estimate of drug-likeness (QED) is 0.522. The van der Waals surface area contributed by atoms with Crippen molar-refractivity contribution in [2.45, 2.75) is 57.0 Å². The van der Waals surface area contributed by atoms with E-state index in [1.54, 1.807) is 30.7 Å². The average Bonchev–Trinajstić information content (AvgIpc) is 3.38. The van der Waals surface area contributed by atoms with Crippen LogP contribution in [0.2, 0.25) is 0 Å². The van der Waals surface area contributed by atoms with E-state index in [-0.39, 0.29) is 30.1 Å². The van der Waals surface area contributed by atoms with E-state index in [1.807, 2.05) is 13.1 Å². The predicted octanol–water partition coefficient (Wildman–Crippen LogP) is 4.65. The monoisotopic (exact) mass is 476 g/mol. The number of aromatic nitrogens is 2. The molecule has 6 nitrogen and oxygen atoms in total. The van der Waals surface area contributed by atoms with E-state index in [0.717, 1.165) is 49.1 Å². The molecule has 0 radical (unpaired) electrons. The largest absolute Gasteiger partial charge is 0.379 e. The van der Waals surface area contributed by atoms with E-state index in [0.29, 0.717) is 34.9 Å². The Hall–Kier alpha value is -2.90. The van der Waals surface area contributed by atoms with E-state index in [1.165, 1.54) is 6.07 Å². The smallest absolute Gasteiger partial charge is 0.169 e. The zero-order valence-corrected chi connectivity index (χ0v) is 20.4. The molecule has 1 saturated heterocycles. The van der Waals surface area contributed by atoms with Gasteiger partial charge in [0.15, 0.2) is 5.78 Å². The van der Waals surface area contributed by atoms with Crippen molar-refractivity contribution in [2.75, 3.05) is 25.2 Å². The van der Waals surface area contributed by atoms with Gasteiger partial charge in [-0.2, -0.15) is 0 Å². The molecule has 5 rings (SSSR count). The molecule has 1 aliphatic heterocycles. The van der Waals surface area contributed by atoms with Crippen molar-refractivity contribution in [3.8, 4) is 0 Å². The summed E-state index contributed by atoms with van der Waals surface area (Å²) in [6.07, 6.45) is 9.43. The highest BCUT2D eigenvalue weighted by molar-refractivity contribution is 6.08. The van der Waals surface area contributed by atoms with E-state index in [4.69, 9.17) is 10.5 Å². The summed E-state index contributed by atoms with van der Waals surface area (Å²) in [6.45, 7) is 3.61. The van der Waals surface area contributed by atoms with Gasteiger partial charge in [0, 0.05) is 49.5 Å². The number of likely N-dealkylation sites (N-methyl/N-ethyl adjacent to an activating group) is 1. The number of ketones is 1. The molecule has 184 valence electrons. The Morgan fingerprint density at radius 2 is 2.09 bits per heavy atom. The number of nitrogens with zero attached hydrogens (tertiary/aromatic N) is 3. The molecule has 2 N–H and O–H groups in total. The second-order valence-corrected chi connectivity index (χ2v) is 10.3. The first-order valence-corrected chi connectivity index (χ1v) is 12.5. The molecule has 0 unspecified atom stereocenters. The predicted molar refractivity (Wildman–Crippen MR) is 135 cm³/mol. The first-order valence-electron chi connectivity index (χ1n) is 12.5. The first-order chi connectivity index (χ1) is 16.9. The maximum absolute atomic E-state index is 14.8. The van der Waals surface area contributed by atoms with Gasteiger partial charge < -0.3 is 15.4 Å². The zero-order chi connectivity index (χ0) is 24.5. The number of hydrogen-bond donors (Lipinski definition) is 1. The van der Waals surface area contributed by atoms with Crippen molar-refractivity contribution in [1.29, 1.82) is 0 Å². The molecule has 0 bridgehead atoms. The lowest BCUT2D eigenvalue weighted by molar-refractivity contribution is 0.0994. The number of pyridine rings is 2. The zero-order valence-electron chi connectivity index (χ0n) is 20.4. The number of carbonyl (C=O) groups excluding carboxylic acids is 1. The van der Waals surface area contributed by atoms with Gasteiger partial charge in [-0.1, -0.05) is 6.92 Å². The molecule has 1 aliphatic carbocycles. The lowest BCUT2D eigenvalue weighted by atomic mass is 9.75. The molecule has 1 saturated carbocycles. The highest BCUT2D eigenvalue weighted by atomic mass is 19.1. The number of hydrogen-bond acceptors (Lipinski definition) is 6. The Bertz CT molecular complexity index is 1220. The number of fused-ring (bicyclic) bond motifs is 1. The number of ether oxygens (including phenoxy) is 1. The normalized spacial score (nSPS) is 24.6. The molecule has 3 heterocycles. The van der Waals surface area contributed by atoms with Crippen LogP contribution in [-0.4, -0.2) is 48.1 Å². The Kier molecular flexibility index (Phi) is 6.80. The van der Waals surface area contributed by atoms with Crippen LogP contribution >= 0.6 is 0 Å². The number of benzene rings is 1. The minimum atomic E-state index is -0.380. The number of carbonyl (C=O) groups is 1. The second kappa shape index (κ2) is 9.99. The minimum absolute atomic E-state index is 0.0878. The van der Waals surface area contributed by atoms with Crippen molar-refractivity contribution in [3.05, 3.63) is 65.4 Å². The van der Waals surface area contributed by atoms with Crippen molar-refractivity contribution in [1.82, 2.24) is 9.97 Å². The Balaban J connectivity index is 1.43. The summed E-state index contributed by atoms with van der Waals surface area (Å²) < 4.78 is 20.3. The lowest BCUT2D eigenvalue weighted by Crippen LogP contribution is -2.31. The molecule has 2 fully saturated rings. The maximum atomic E-state index is 14.8. The van der Waals surface area contributed by atoms with Crippen LogP contribution in [0.5, 0.6) is 0 Å². The minimum Gasteiger partial charge on any atom is -0.379 e. The standard InChI is InChI=1S/C28H33FN4O2/c1-17-9-18(11-20(30)10-17)23-5-7-31-14-19(23)12-27(34)24-3-4-26(29)25-13-22(15-32-28(24)25)33(2)21-6-8-35-16-21/h3-5,7,13-15,17-18,20-21H,6,8-12,16,30H2,1-2H3/t17-,18+,20-,21+/m0/s1. The molecule has 1 aromatic carbocycles. The van der Waals surface area contributed by atoms with Crippen LogP contribution < -0.4 is 10.6 Å². The fraction of sp³-hybridized carbons (Fsp3) is 0.464. The Morgan fingerprint density at radius 1 is 1.23 bits per heavy atom. The third-order valence-electron chi connectivity index (χ3n) is 7.65. The van der Waals surface area contributed by atoms with Crippen molar-refractivity contribution >= 4 is 22.4 Å². The van der Waals surface area contributed by atoms with Crippen LogP contribution in [0.3, 0.4) is 0 Å². The van der Waals surface area contributed by atoms with E-state index < -0.39 is 0 Å². The Labute approximate surface area is 205 Å². The van der Waals surface area contributed by atoms with Crippen LogP contribution in [0.15, 0.2) is 42.9 Å². The summed E-state index contributed by atoms with van der Waals surface area (Å²) in [5.41, 5.74) is 10.0. The van der Waals surface area contributed by atoms with Gasteiger partial charge in [-0.15, -0.1) is 0 Å². The highest BCUT2D eigenvalue weighted by Gasteiger charge is 2.28. The van der Waals surface area contributed by atoms with Crippen molar-refractivity contribution in [2.24, 2.45) is 11.7 Å². The van der Waals surface area contributed by atoms with Crippen LogP contribution in [0, 0.1) is 11.7 Å². The molecule has 2 aliphatic rings. The fourth-order valence-electron chi connectivity index (χ4n) is 5.79. The molecule has 7 heteroatoms. The summed E-state index contributed by atoms with van der Waals surface area (Å²) >= 11 is 0. The van der Waals surface area contributed by atoms with Gasteiger partial charge in [0.25, 0.3) is 0 Å². The van der Waals surface area contributed by atoms with Crippen molar-refractivity contribution < 1.29 is 13.9 Å². The van der Waals surface area contributed by atoms with Gasteiger partial charge >= 0.3 is 0 Å². The molecule has 3 aromatic rings. The molecule has 4 atom stereocenters. The number of halogens is 1. The highest BCUT2D eigenvalue weighted by Crippen LogP contribution is 2.37. The lowest BCUT2D eigenvalue weighted by Gasteiger charge is -2.32. The molecule has 2 aromatic heterocycles. The van der Waals surface area contributed by atoms with E-state index in [9.17, 15) is 9.18 Å². The van der Waals surface area contributed by atoms with Crippen molar-refractivity contribution in [3.63, 3.8) is 0 Å². The van der Waals surface area contributed by atoms with Crippen LogP contribution in [0.1, 0.15) is 60.0 Å². The van der Waals surface area contributed by atoms with Gasteiger partial charge in [-0.3, -0.25) is 14.8 Å². The molecular weight excluding hydrogens is 443 g/mol. The third kappa shape index (κ3) is 4.93. The molecule has 35 heavy (non-hydrogen) atoms. The topological polar surface area (TPSA) is 81.3 Å². The third-order valence-corrected chi connectivity index (χ3v) is 7.65. The van der Waals surface area contributed by atoms with Gasteiger partial charge in [0.2, 0.25) is 0 Å². The average molecular weight is 477 g/mol. The number of rotatable bonds is 6. The molecule has 0 amide bonds. The SMILES string of the molecule is C[C@@H]1C[C@H](N)C[C@H](c2ccncc2CC(=O)c2ccc(F)c3cc(N(C)[C@@H]4CCOC4)cnc23)C1. The van der Waals surface area contributed by atoms with Crippen LogP contribution in [-0.2, 0) is 11.2 Å². The maximum Gasteiger partial charge on any atom is 0.169 e. The molecular formula is C28H33FN4O2. The summed E-state index contributed by atoms with van der Waals surface area (Å²) in [5, 5.41) is 0.359. The second-order valence-electron chi connectivity index (χ2n) is 10.3. The van der Waals surface area contributed by atoms with Gasteiger partial charge in [0.05, 0.1) is 30.0 Å². The fourth-order valence-corrected chi connectivity index (χ4v) is 5.79. The van der Waals surface area contributed by atoms with Crippen LogP contribution in [0.4, 0.5) is 10.1 Å². The van der Waals surface area contributed by atoms with E-state index >= 15 is 0 Å². The first kappa shape index (κ1) is 23.8. The number of Topliss-reactive ketones (excluding diaryl/α,β-unsaturated/α-hetero) is 1. The van der Waals surface area contributed by atoms with Gasteiger partial charge in [-0.05, 0) is 72.9 Å². The van der Waals surface area contributed by atoms with E-state index in [2.05, 4.69) is 21.8 Å². The van der Waals surface area contributed by atoms with Gasteiger partial charge in [-0.25, -0.2) is 4.39 Å². The summed E-state index contributed by atoms with van der Waals surface area (Å²) in [5.74, 6) is 0.401. The van der Waals surface area contributed by atoms with Crippen LogP contribution in [0.25, 0.3) is 10.9 Å². The molecule has 0 spiro atoms. The summed E-state index contributed by atoms with van der Waals surface area (Å²) in [4.78, 5) is 24.4.